The molecule has 19 nitrogen and oxygen atoms in total. The second-order valence-corrected chi connectivity index (χ2v) is 13.0. The molecule has 0 atom stereocenters. The van der Waals surface area contributed by atoms with Crippen LogP contribution >= 0.6 is 0 Å². The maximum atomic E-state index is 13.3. The highest BCUT2D eigenvalue weighted by Crippen LogP contribution is 2.29. The van der Waals surface area contributed by atoms with Crippen molar-refractivity contribution in [2.45, 2.75) is 6.92 Å². The quantitative estimate of drug-likeness (QED) is 0.0711. The van der Waals surface area contributed by atoms with E-state index in [0.29, 0.717) is 124 Å². The van der Waals surface area contributed by atoms with Crippen LogP contribution in [0.5, 0.6) is 0 Å². The van der Waals surface area contributed by atoms with Crippen molar-refractivity contribution in [3.63, 3.8) is 0 Å². The van der Waals surface area contributed by atoms with Gasteiger partial charge in [0.05, 0.1) is 130 Å². The molecule has 0 radical (unpaired) electrons. The summed E-state index contributed by atoms with van der Waals surface area (Å²) in [6.45, 7) is 13.6. The minimum absolute atomic E-state index is 0.124. The summed E-state index contributed by atoms with van der Waals surface area (Å²) >= 11 is 0. The molecule has 1 aromatic heterocycles. The first kappa shape index (κ1) is 48.6. The van der Waals surface area contributed by atoms with Gasteiger partial charge in [-0.25, -0.2) is 9.78 Å². The van der Waals surface area contributed by atoms with Crippen molar-refractivity contribution < 1.29 is 62.1 Å². The minimum Gasteiger partial charge on any atom is -0.480 e. The summed E-state index contributed by atoms with van der Waals surface area (Å²) in [5.41, 5.74) is 2.38. The van der Waals surface area contributed by atoms with E-state index in [4.69, 9.17) is 52.7 Å². The number of aliphatic carboxylic acids is 1. The SMILES string of the molecule is Cc1c(N2CCN(C)CC2)nc2ccccc2c1C(=O)NCCOCCOCCOCCOCCOCCOCCOCCOCCOCCNC(=O)NCC(=O)O. The van der Waals surface area contributed by atoms with Crippen LogP contribution in [0.2, 0.25) is 0 Å². The number of carbonyl (C=O) groups is 3. The Bertz CT molecular complexity index is 1430. The number of ether oxygens (including phenoxy) is 9. The second-order valence-electron chi connectivity index (χ2n) is 13.0. The molecule has 1 aliphatic heterocycles. The molecular weight excluding hydrogens is 760 g/mol. The highest BCUT2D eigenvalue weighted by molar-refractivity contribution is 6.08. The number of hydrogen-bond donors (Lipinski definition) is 4. The molecule has 4 N–H and O–H groups in total. The first-order chi connectivity index (χ1) is 28.4. The van der Waals surface area contributed by atoms with E-state index in [1.165, 1.54) is 0 Å². The lowest BCUT2D eigenvalue weighted by atomic mass is 10.0. The van der Waals surface area contributed by atoms with E-state index in [9.17, 15) is 14.4 Å². The van der Waals surface area contributed by atoms with E-state index in [1.54, 1.807) is 0 Å². The van der Waals surface area contributed by atoms with Crippen LogP contribution < -0.4 is 20.9 Å². The summed E-state index contributed by atoms with van der Waals surface area (Å²) in [4.78, 5) is 44.5. The number of carboxylic acid groups (broad SMARTS) is 1. The van der Waals surface area contributed by atoms with Gasteiger partial charge in [0.15, 0.2) is 0 Å². The van der Waals surface area contributed by atoms with Gasteiger partial charge in [0.1, 0.15) is 12.4 Å². The first-order valence-corrected chi connectivity index (χ1v) is 19.9. The van der Waals surface area contributed by atoms with Crippen molar-refractivity contribution in [3.8, 4) is 0 Å². The molecular formula is C39H64N6O13. The van der Waals surface area contributed by atoms with Crippen LogP contribution in [0.3, 0.4) is 0 Å². The van der Waals surface area contributed by atoms with Gasteiger partial charge in [-0.3, -0.25) is 9.59 Å². The Kier molecular flexibility index (Phi) is 26.1. The number of likely N-dealkylation sites (N-methyl/N-ethyl adjacent to an activating group) is 1. The number of carboxylic acids is 1. The van der Waals surface area contributed by atoms with Crippen LogP contribution in [0.25, 0.3) is 10.9 Å². The summed E-state index contributed by atoms with van der Waals surface area (Å²) in [5, 5.41) is 17.0. The molecule has 1 aliphatic rings. The molecule has 3 rings (SSSR count). The van der Waals surface area contributed by atoms with Gasteiger partial charge in [0.2, 0.25) is 0 Å². The van der Waals surface area contributed by atoms with Crippen molar-refractivity contribution in [3.05, 3.63) is 35.4 Å². The predicted molar refractivity (Wildman–Crippen MR) is 215 cm³/mol. The van der Waals surface area contributed by atoms with Crippen LogP contribution in [0.15, 0.2) is 24.3 Å². The number of aromatic nitrogens is 1. The lowest BCUT2D eigenvalue weighted by molar-refractivity contribution is -0.135. The number of nitrogens with one attached hydrogen (secondary N) is 3. The third-order valence-electron chi connectivity index (χ3n) is 8.58. The number of piperazine rings is 1. The third kappa shape index (κ3) is 21.3. The number of nitrogens with zero attached hydrogens (tertiary/aromatic N) is 3. The standard InChI is InChI=1S/C39H64N6O13/c1-32-36(33-5-3-4-6-34(33)43-37(32)45-11-9-44(2)10-12-45)38(48)40-7-13-50-15-17-52-19-21-54-23-25-56-27-29-58-30-28-57-26-24-55-22-20-53-18-16-51-14-8-41-39(49)42-31-35(46)47/h3-6H,7-31H2,1-2H3,(H,40,48)(H,46,47)(H2,41,42,49). The van der Waals surface area contributed by atoms with Gasteiger partial charge in [-0.1, -0.05) is 18.2 Å². The second kappa shape index (κ2) is 31.2. The van der Waals surface area contributed by atoms with Crippen molar-refractivity contribution >= 4 is 34.6 Å². The lowest BCUT2D eigenvalue weighted by Crippen LogP contribution is -2.45. The lowest BCUT2D eigenvalue weighted by Gasteiger charge is -2.34. The zero-order valence-electron chi connectivity index (χ0n) is 34.2. The maximum absolute atomic E-state index is 13.3. The Labute approximate surface area is 341 Å². The van der Waals surface area contributed by atoms with Crippen molar-refractivity contribution in [2.75, 3.05) is 177 Å². The first-order valence-electron chi connectivity index (χ1n) is 19.9. The number of fused-ring (bicyclic) bond motifs is 1. The Hall–Kier alpha value is -3.76. The van der Waals surface area contributed by atoms with Gasteiger partial charge in [-0.2, -0.15) is 0 Å². The zero-order chi connectivity index (χ0) is 41.5. The largest absolute Gasteiger partial charge is 0.480 e. The number of para-hydroxylation sites is 1. The van der Waals surface area contributed by atoms with Gasteiger partial charge in [-0.05, 0) is 20.0 Å². The molecule has 0 spiro atoms. The number of urea groups is 1. The molecule has 0 unspecified atom stereocenters. The maximum Gasteiger partial charge on any atom is 0.323 e. The Balaban J connectivity index is 1.02. The zero-order valence-corrected chi connectivity index (χ0v) is 34.2. The Morgan fingerprint density at radius 2 is 1.02 bits per heavy atom. The monoisotopic (exact) mass is 824 g/mol. The summed E-state index contributed by atoms with van der Waals surface area (Å²) in [5.74, 6) is -0.356. The fraction of sp³-hybridized carbons (Fsp3) is 0.692. The van der Waals surface area contributed by atoms with E-state index in [-0.39, 0.29) is 19.1 Å². The highest BCUT2D eigenvalue weighted by Gasteiger charge is 2.23. The molecule has 2 heterocycles. The van der Waals surface area contributed by atoms with Gasteiger partial charge < -0.3 is 73.5 Å². The van der Waals surface area contributed by atoms with Crippen molar-refractivity contribution in [1.29, 1.82) is 0 Å². The van der Waals surface area contributed by atoms with Crippen LogP contribution in [-0.4, -0.2) is 205 Å². The predicted octanol–water partition coefficient (Wildman–Crippen LogP) is 0.558. The molecule has 328 valence electrons. The highest BCUT2D eigenvalue weighted by atomic mass is 16.6. The summed E-state index contributed by atoms with van der Waals surface area (Å²) in [7, 11) is 2.12. The molecule has 3 amide bonds. The molecule has 1 aromatic carbocycles. The number of hydrogen-bond acceptors (Lipinski definition) is 15. The Morgan fingerprint density at radius 1 is 0.603 bits per heavy atom. The molecule has 1 fully saturated rings. The summed E-state index contributed by atoms with van der Waals surface area (Å²) in [6.07, 6.45) is 0. The van der Waals surface area contributed by atoms with Crippen LogP contribution in [0.4, 0.5) is 10.6 Å². The van der Waals surface area contributed by atoms with E-state index in [0.717, 1.165) is 48.5 Å². The van der Waals surface area contributed by atoms with Crippen molar-refractivity contribution in [2.24, 2.45) is 0 Å². The van der Waals surface area contributed by atoms with Crippen LogP contribution in [-0.2, 0) is 47.4 Å². The van der Waals surface area contributed by atoms with Gasteiger partial charge in [-0.15, -0.1) is 0 Å². The van der Waals surface area contributed by atoms with Gasteiger partial charge in [0.25, 0.3) is 5.91 Å². The van der Waals surface area contributed by atoms with E-state index >= 15 is 0 Å². The van der Waals surface area contributed by atoms with Gasteiger partial charge in [0, 0.05) is 50.2 Å². The number of amides is 3. The number of rotatable bonds is 34. The average Bonchev–Trinajstić information content (AvgIpc) is 3.22. The number of pyridine rings is 1. The molecule has 19 heteroatoms. The fourth-order valence-electron chi connectivity index (χ4n) is 5.55. The van der Waals surface area contributed by atoms with E-state index < -0.39 is 18.5 Å². The van der Waals surface area contributed by atoms with Crippen molar-refractivity contribution in [1.82, 2.24) is 25.8 Å². The van der Waals surface area contributed by atoms with E-state index in [1.807, 2.05) is 31.2 Å². The van der Waals surface area contributed by atoms with Crippen LogP contribution in [0.1, 0.15) is 15.9 Å². The molecule has 0 aliphatic carbocycles. The molecule has 0 bridgehead atoms. The molecule has 1 saturated heterocycles. The average molecular weight is 825 g/mol. The normalized spacial score (nSPS) is 13.2. The molecule has 58 heavy (non-hydrogen) atoms. The van der Waals surface area contributed by atoms with E-state index in [2.05, 4.69) is 32.8 Å². The summed E-state index contributed by atoms with van der Waals surface area (Å²) in [6, 6.07) is 7.24. The van der Waals surface area contributed by atoms with Gasteiger partial charge >= 0.3 is 12.0 Å². The number of carbonyl (C=O) groups excluding carboxylic acids is 2. The summed E-state index contributed by atoms with van der Waals surface area (Å²) < 4.78 is 49.4. The fourth-order valence-corrected chi connectivity index (χ4v) is 5.55. The third-order valence-corrected chi connectivity index (χ3v) is 8.58. The molecule has 0 saturated carbocycles. The number of anilines is 1. The Morgan fingerprint density at radius 3 is 1.47 bits per heavy atom. The minimum atomic E-state index is -1.11. The van der Waals surface area contributed by atoms with Crippen LogP contribution in [0, 0.1) is 6.92 Å². The molecule has 2 aromatic rings. The smallest absolute Gasteiger partial charge is 0.323 e. The topological polar surface area (TPSA) is 210 Å². The number of benzene rings is 1.